The van der Waals surface area contributed by atoms with Crippen molar-refractivity contribution >= 4 is 29.5 Å². The van der Waals surface area contributed by atoms with Crippen LogP contribution in [0.2, 0.25) is 0 Å². The van der Waals surface area contributed by atoms with Crippen LogP contribution in [0.1, 0.15) is 35.7 Å². The van der Waals surface area contributed by atoms with Crippen LogP contribution in [0, 0.1) is 0 Å². The molecule has 3 rings (SSSR count). The van der Waals surface area contributed by atoms with Crippen molar-refractivity contribution in [2.24, 2.45) is 4.99 Å². The Morgan fingerprint density at radius 3 is 2.20 bits per heavy atom. The number of aliphatic imine (C=N–C) groups is 1. The zero-order chi connectivity index (χ0) is 29.5. The first-order valence-electron chi connectivity index (χ1n) is 12.7. The highest BCUT2D eigenvalue weighted by molar-refractivity contribution is 5.96. The summed E-state index contributed by atoms with van der Waals surface area (Å²) in [6.07, 6.45) is -3.03. The average molecular weight is 566 g/mol. The molecule has 2 aromatic carbocycles. The highest BCUT2D eigenvalue weighted by Gasteiger charge is 2.38. The maximum atomic E-state index is 12.1. The van der Waals surface area contributed by atoms with Crippen LogP contribution in [0.4, 0.5) is 18.9 Å². The number of piperazine rings is 1. The Balaban J connectivity index is 0.000000708. The molecule has 0 radical (unpaired) electrons. The van der Waals surface area contributed by atoms with E-state index in [4.69, 9.17) is 14.9 Å². The molecule has 1 aliphatic heterocycles. The number of nitrogens with one attached hydrogen (secondary N) is 2. The van der Waals surface area contributed by atoms with Crippen LogP contribution >= 0.6 is 0 Å². The lowest BCUT2D eigenvalue weighted by atomic mass is 10.2. The van der Waals surface area contributed by atoms with E-state index in [2.05, 4.69) is 27.4 Å². The van der Waals surface area contributed by atoms with Gasteiger partial charge in [-0.1, -0.05) is 49.7 Å². The standard InChI is InChI=1S/C25H33N5O3.C2HF3O2/c1-2-3-12-26-23(31)19-29-13-15-30(16-14-29)25(27-18-20-8-5-4-6-9-20)28-22-11-7-10-21(17-22)24(32)33;3-2(4,5)1(6)7/h4-11,17H,2-3,12-16,18-19H2,1H3,(H,26,31)(H,27,28)(H,32,33);(H,6,7). The van der Waals surface area contributed by atoms with Gasteiger partial charge in [-0.05, 0) is 30.2 Å². The Labute approximate surface area is 230 Å². The number of hydrogen-bond donors (Lipinski definition) is 4. The summed E-state index contributed by atoms with van der Waals surface area (Å²) in [6.45, 7) is 6.71. The summed E-state index contributed by atoms with van der Waals surface area (Å²) in [7, 11) is 0. The van der Waals surface area contributed by atoms with Crippen molar-refractivity contribution in [2.45, 2.75) is 32.5 Å². The first-order chi connectivity index (χ1) is 19.0. The van der Waals surface area contributed by atoms with Crippen molar-refractivity contribution in [2.75, 3.05) is 44.6 Å². The fraction of sp³-hybridized carbons (Fsp3) is 0.407. The van der Waals surface area contributed by atoms with Gasteiger partial charge in [-0.25, -0.2) is 14.6 Å². The Morgan fingerprint density at radius 1 is 0.975 bits per heavy atom. The molecule has 218 valence electrons. The number of aliphatic carboxylic acids is 1. The van der Waals surface area contributed by atoms with E-state index in [1.807, 2.05) is 36.4 Å². The summed E-state index contributed by atoms with van der Waals surface area (Å²) in [6, 6.07) is 16.7. The highest BCUT2D eigenvalue weighted by atomic mass is 19.4. The number of guanidine groups is 1. The summed E-state index contributed by atoms with van der Waals surface area (Å²) in [5, 5.41) is 22.7. The third-order valence-electron chi connectivity index (χ3n) is 5.75. The topological polar surface area (TPSA) is 135 Å². The molecule has 2 aromatic rings. The molecule has 1 fully saturated rings. The number of carbonyl (C=O) groups excluding carboxylic acids is 1. The summed E-state index contributed by atoms with van der Waals surface area (Å²) >= 11 is 0. The predicted octanol–water partition coefficient (Wildman–Crippen LogP) is 3.52. The highest BCUT2D eigenvalue weighted by Crippen LogP contribution is 2.14. The molecule has 0 aromatic heterocycles. The molecule has 13 heteroatoms. The second-order valence-electron chi connectivity index (χ2n) is 8.91. The monoisotopic (exact) mass is 565 g/mol. The van der Waals surface area contributed by atoms with E-state index in [0.29, 0.717) is 24.7 Å². The summed E-state index contributed by atoms with van der Waals surface area (Å²) in [4.78, 5) is 41.5. The fourth-order valence-electron chi connectivity index (χ4n) is 3.61. The molecule has 0 spiro atoms. The van der Waals surface area contributed by atoms with Crippen LogP contribution < -0.4 is 10.6 Å². The number of alkyl halides is 3. The number of rotatable bonds is 9. The number of hydrogen-bond acceptors (Lipinski definition) is 5. The average Bonchev–Trinajstić information content (AvgIpc) is 2.92. The minimum absolute atomic E-state index is 0.0680. The summed E-state index contributed by atoms with van der Waals surface area (Å²) in [5.74, 6) is -2.95. The quantitative estimate of drug-likeness (QED) is 0.206. The number of amides is 1. The molecule has 1 aliphatic rings. The van der Waals surface area contributed by atoms with E-state index in [9.17, 15) is 27.9 Å². The lowest BCUT2D eigenvalue weighted by Gasteiger charge is -2.36. The van der Waals surface area contributed by atoms with Crippen LogP contribution in [0.3, 0.4) is 0 Å². The maximum absolute atomic E-state index is 12.1. The van der Waals surface area contributed by atoms with Crippen molar-refractivity contribution in [3.05, 3.63) is 65.7 Å². The number of benzene rings is 2. The normalized spacial score (nSPS) is 14.1. The molecule has 0 bridgehead atoms. The molecule has 10 nitrogen and oxygen atoms in total. The van der Waals surface area contributed by atoms with Crippen LogP contribution in [0.25, 0.3) is 0 Å². The lowest BCUT2D eigenvalue weighted by molar-refractivity contribution is -0.192. The van der Waals surface area contributed by atoms with Crippen LogP contribution in [-0.4, -0.2) is 89.3 Å². The minimum Gasteiger partial charge on any atom is -0.478 e. The first-order valence-corrected chi connectivity index (χ1v) is 12.7. The molecule has 1 amide bonds. The molecule has 0 saturated carbocycles. The Hall–Kier alpha value is -4.13. The van der Waals surface area contributed by atoms with Gasteiger partial charge in [-0.2, -0.15) is 13.2 Å². The molecular weight excluding hydrogens is 531 g/mol. The number of anilines is 1. The van der Waals surface area contributed by atoms with Crippen molar-refractivity contribution in [1.82, 2.24) is 15.1 Å². The zero-order valence-electron chi connectivity index (χ0n) is 22.2. The number of carboxylic acid groups (broad SMARTS) is 2. The van der Waals surface area contributed by atoms with Crippen LogP contribution in [0.5, 0.6) is 0 Å². The van der Waals surface area contributed by atoms with E-state index in [1.165, 1.54) is 0 Å². The smallest absolute Gasteiger partial charge is 0.478 e. The molecule has 40 heavy (non-hydrogen) atoms. The van der Waals surface area contributed by atoms with Gasteiger partial charge in [0.15, 0.2) is 5.96 Å². The third-order valence-corrected chi connectivity index (χ3v) is 5.75. The number of nitrogens with zero attached hydrogens (tertiary/aromatic N) is 3. The predicted molar refractivity (Wildman–Crippen MR) is 144 cm³/mol. The Bertz CT molecular complexity index is 1140. The number of unbranched alkanes of at least 4 members (excludes halogenated alkanes) is 1. The number of carboxylic acids is 2. The third kappa shape index (κ3) is 11.7. The molecule has 0 unspecified atom stereocenters. The molecule has 4 N–H and O–H groups in total. The lowest BCUT2D eigenvalue weighted by Crippen LogP contribution is -2.52. The van der Waals surface area contributed by atoms with Gasteiger partial charge in [0.1, 0.15) is 0 Å². The van der Waals surface area contributed by atoms with Gasteiger partial charge in [-0.15, -0.1) is 0 Å². The second-order valence-corrected chi connectivity index (χ2v) is 8.91. The Morgan fingerprint density at radius 2 is 1.62 bits per heavy atom. The van der Waals surface area contributed by atoms with Gasteiger partial charge >= 0.3 is 18.1 Å². The SMILES string of the molecule is CCCCNC(=O)CN1CCN(C(=NCc2ccccc2)Nc2cccc(C(=O)O)c2)CC1.O=C(O)C(F)(F)F. The fourth-order valence-corrected chi connectivity index (χ4v) is 3.61. The van der Waals surface area contributed by atoms with Gasteiger partial charge in [-0.3, -0.25) is 9.69 Å². The molecule has 0 atom stereocenters. The zero-order valence-corrected chi connectivity index (χ0v) is 22.2. The van der Waals surface area contributed by atoms with Gasteiger partial charge in [0.25, 0.3) is 0 Å². The largest absolute Gasteiger partial charge is 0.490 e. The van der Waals surface area contributed by atoms with Gasteiger partial charge < -0.3 is 25.7 Å². The van der Waals surface area contributed by atoms with Gasteiger partial charge in [0.05, 0.1) is 18.7 Å². The Kier molecular flexibility index (Phi) is 12.9. The van der Waals surface area contributed by atoms with E-state index >= 15 is 0 Å². The molecule has 1 heterocycles. The van der Waals surface area contributed by atoms with Gasteiger partial charge in [0, 0.05) is 38.4 Å². The number of halogens is 3. The van der Waals surface area contributed by atoms with Crippen molar-refractivity contribution in [3.8, 4) is 0 Å². The maximum Gasteiger partial charge on any atom is 0.490 e. The number of aromatic carboxylic acids is 1. The van der Waals surface area contributed by atoms with Crippen LogP contribution in [-0.2, 0) is 16.1 Å². The molecule has 1 saturated heterocycles. The summed E-state index contributed by atoms with van der Waals surface area (Å²) < 4.78 is 31.7. The van der Waals surface area contributed by atoms with Crippen molar-refractivity contribution in [1.29, 1.82) is 0 Å². The van der Waals surface area contributed by atoms with Crippen molar-refractivity contribution < 1.29 is 37.8 Å². The van der Waals surface area contributed by atoms with Gasteiger partial charge in [0.2, 0.25) is 5.91 Å². The molecular formula is C27H34F3N5O5. The number of carbonyl (C=O) groups is 3. The van der Waals surface area contributed by atoms with E-state index < -0.39 is 18.1 Å². The van der Waals surface area contributed by atoms with Crippen molar-refractivity contribution in [3.63, 3.8) is 0 Å². The van der Waals surface area contributed by atoms with E-state index in [1.54, 1.807) is 18.2 Å². The first kappa shape index (κ1) is 32.1. The van der Waals surface area contributed by atoms with E-state index in [0.717, 1.165) is 51.1 Å². The van der Waals surface area contributed by atoms with Crippen LogP contribution in [0.15, 0.2) is 59.6 Å². The molecule has 0 aliphatic carbocycles. The minimum atomic E-state index is -5.08. The second kappa shape index (κ2) is 16.1. The summed E-state index contributed by atoms with van der Waals surface area (Å²) in [5.41, 5.74) is 2.00. The van der Waals surface area contributed by atoms with E-state index in [-0.39, 0.29) is 11.5 Å².